The van der Waals surface area contributed by atoms with Crippen molar-refractivity contribution in [2.24, 2.45) is 0 Å². The van der Waals surface area contributed by atoms with Crippen LogP contribution in [0.4, 0.5) is 0 Å². The molecule has 28 heavy (non-hydrogen) atoms. The largest absolute Gasteiger partial charge is 0.345 e. The lowest BCUT2D eigenvalue weighted by molar-refractivity contribution is 0.0932. The van der Waals surface area contributed by atoms with Crippen molar-refractivity contribution in [3.8, 4) is 0 Å². The van der Waals surface area contributed by atoms with Gasteiger partial charge in [0.25, 0.3) is 5.91 Å². The van der Waals surface area contributed by atoms with Crippen LogP contribution in [0.25, 0.3) is 0 Å². The summed E-state index contributed by atoms with van der Waals surface area (Å²) in [4.78, 5) is 12.9. The van der Waals surface area contributed by atoms with Gasteiger partial charge in [-0.15, -0.1) is 0 Å². The molecule has 7 heteroatoms. The minimum absolute atomic E-state index is 0.00719. The monoisotopic (exact) mass is 418 g/mol. The topological polar surface area (TPSA) is 66.5 Å². The normalized spacial score (nSPS) is 20.0. The van der Waals surface area contributed by atoms with Gasteiger partial charge in [-0.1, -0.05) is 35.9 Å². The summed E-state index contributed by atoms with van der Waals surface area (Å²) < 4.78 is 27.2. The Morgan fingerprint density at radius 1 is 1.07 bits per heavy atom. The molecule has 0 radical (unpaired) electrons. The summed E-state index contributed by atoms with van der Waals surface area (Å²) in [5, 5.41) is 3.21. The highest BCUT2D eigenvalue weighted by Gasteiger charge is 2.30. The smallest absolute Gasteiger partial charge is 0.251 e. The molecule has 0 aromatic heterocycles. The maximum absolute atomic E-state index is 12.9. The molecule has 4 rings (SSSR count). The number of hydrogen-bond acceptors (Lipinski definition) is 3. The number of nitrogens with zero attached hydrogens (tertiary/aromatic N) is 1. The molecule has 1 heterocycles. The number of nitrogens with one attached hydrogen (secondary N) is 1. The number of aryl methyl sites for hydroxylation is 1. The maximum Gasteiger partial charge on any atom is 0.251 e. The van der Waals surface area contributed by atoms with E-state index in [4.69, 9.17) is 11.6 Å². The second-order valence-electron chi connectivity index (χ2n) is 7.37. The van der Waals surface area contributed by atoms with Gasteiger partial charge in [0.15, 0.2) is 0 Å². The minimum atomic E-state index is -3.69. The highest BCUT2D eigenvalue weighted by Crippen LogP contribution is 2.31. The van der Waals surface area contributed by atoms with Crippen LogP contribution in [0.1, 0.15) is 53.2 Å². The lowest BCUT2D eigenvalue weighted by Gasteiger charge is -2.26. The molecule has 1 atom stereocenters. The van der Waals surface area contributed by atoms with Crippen molar-refractivity contribution in [1.82, 2.24) is 9.62 Å². The second kappa shape index (κ2) is 7.85. The van der Waals surface area contributed by atoms with E-state index in [2.05, 4.69) is 11.4 Å². The third-order valence-electron chi connectivity index (χ3n) is 5.55. The van der Waals surface area contributed by atoms with E-state index in [1.807, 2.05) is 18.2 Å². The van der Waals surface area contributed by atoms with Gasteiger partial charge in [-0.3, -0.25) is 4.79 Å². The number of sulfonamides is 1. The Morgan fingerprint density at radius 3 is 2.61 bits per heavy atom. The van der Waals surface area contributed by atoms with Crippen LogP contribution in [0.15, 0.2) is 47.4 Å². The van der Waals surface area contributed by atoms with E-state index >= 15 is 0 Å². The van der Waals surface area contributed by atoms with Crippen molar-refractivity contribution >= 4 is 27.5 Å². The summed E-state index contributed by atoms with van der Waals surface area (Å²) in [6.07, 6.45) is 4.59. The van der Waals surface area contributed by atoms with Gasteiger partial charge in [-0.2, -0.15) is 4.31 Å². The number of fused-ring (bicyclic) bond motifs is 1. The van der Waals surface area contributed by atoms with E-state index < -0.39 is 10.0 Å². The van der Waals surface area contributed by atoms with Gasteiger partial charge in [-0.05, 0) is 61.4 Å². The Balaban J connectivity index is 1.59. The number of benzene rings is 2. The molecule has 2 aromatic rings. The van der Waals surface area contributed by atoms with E-state index in [1.54, 1.807) is 6.07 Å². The quantitative estimate of drug-likeness (QED) is 0.817. The van der Waals surface area contributed by atoms with E-state index in [9.17, 15) is 13.2 Å². The fraction of sp³-hybridized carbons (Fsp3) is 0.381. The zero-order chi connectivity index (χ0) is 19.7. The van der Waals surface area contributed by atoms with Crippen molar-refractivity contribution in [3.05, 3.63) is 64.2 Å². The number of amides is 1. The van der Waals surface area contributed by atoms with Crippen molar-refractivity contribution in [3.63, 3.8) is 0 Å². The zero-order valence-corrected chi connectivity index (χ0v) is 17.1. The van der Waals surface area contributed by atoms with E-state index in [0.29, 0.717) is 18.7 Å². The first kappa shape index (κ1) is 19.4. The van der Waals surface area contributed by atoms with E-state index in [-0.39, 0.29) is 21.9 Å². The van der Waals surface area contributed by atoms with E-state index in [1.165, 1.54) is 22.0 Å². The Kier molecular flexibility index (Phi) is 5.45. The molecule has 0 spiro atoms. The number of rotatable bonds is 4. The van der Waals surface area contributed by atoms with Crippen LogP contribution < -0.4 is 5.32 Å². The molecule has 148 valence electrons. The van der Waals surface area contributed by atoms with Crippen molar-refractivity contribution < 1.29 is 13.2 Å². The Hall–Kier alpha value is -1.89. The predicted octanol–water partition coefficient (Wildman–Crippen LogP) is 3.93. The Bertz CT molecular complexity index is 1000. The lowest BCUT2D eigenvalue weighted by Crippen LogP contribution is -2.31. The zero-order valence-electron chi connectivity index (χ0n) is 15.5. The first-order valence-corrected chi connectivity index (χ1v) is 11.5. The summed E-state index contributed by atoms with van der Waals surface area (Å²) in [6, 6.07) is 12.5. The highest BCUT2D eigenvalue weighted by molar-refractivity contribution is 7.89. The van der Waals surface area contributed by atoms with Crippen LogP contribution in [-0.4, -0.2) is 31.7 Å². The summed E-state index contributed by atoms with van der Waals surface area (Å²) in [5.74, 6) is -0.281. The molecule has 1 aliphatic heterocycles. The molecule has 1 N–H and O–H groups in total. The Morgan fingerprint density at radius 2 is 1.82 bits per heavy atom. The van der Waals surface area contributed by atoms with Gasteiger partial charge in [-0.25, -0.2) is 8.42 Å². The molecule has 2 aliphatic rings. The van der Waals surface area contributed by atoms with Crippen LogP contribution in [0.3, 0.4) is 0 Å². The van der Waals surface area contributed by atoms with Gasteiger partial charge in [0.1, 0.15) is 4.90 Å². The lowest BCUT2D eigenvalue weighted by atomic mass is 9.87. The summed E-state index contributed by atoms with van der Waals surface area (Å²) in [6.45, 7) is 0.988. The summed E-state index contributed by atoms with van der Waals surface area (Å²) in [5.41, 5.74) is 2.71. The van der Waals surface area contributed by atoms with Crippen molar-refractivity contribution in [2.45, 2.75) is 43.0 Å². The molecule has 1 amide bonds. The van der Waals surface area contributed by atoms with Crippen molar-refractivity contribution in [1.29, 1.82) is 0 Å². The molecular formula is C21H23ClN2O3S. The van der Waals surface area contributed by atoms with Gasteiger partial charge >= 0.3 is 0 Å². The molecule has 1 fully saturated rings. The molecular weight excluding hydrogens is 396 g/mol. The molecule has 5 nitrogen and oxygen atoms in total. The average Bonchev–Trinajstić information content (AvgIpc) is 3.24. The fourth-order valence-electron chi connectivity index (χ4n) is 4.06. The molecule has 0 bridgehead atoms. The van der Waals surface area contributed by atoms with Gasteiger partial charge in [0, 0.05) is 18.7 Å². The fourth-order valence-corrected chi connectivity index (χ4v) is 6.07. The maximum atomic E-state index is 12.9. The van der Waals surface area contributed by atoms with Crippen LogP contribution in [-0.2, 0) is 16.4 Å². The average molecular weight is 419 g/mol. The molecule has 0 unspecified atom stereocenters. The third kappa shape index (κ3) is 3.69. The van der Waals surface area contributed by atoms with Crippen LogP contribution in [0.5, 0.6) is 0 Å². The minimum Gasteiger partial charge on any atom is -0.345 e. The summed E-state index contributed by atoms with van der Waals surface area (Å²) >= 11 is 6.19. The second-order valence-corrected chi connectivity index (χ2v) is 9.69. The number of carbonyl (C=O) groups excluding carboxylic acids is 1. The van der Waals surface area contributed by atoms with Gasteiger partial charge < -0.3 is 5.32 Å². The molecule has 1 saturated heterocycles. The van der Waals surface area contributed by atoms with Crippen molar-refractivity contribution in [2.75, 3.05) is 13.1 Å². The standard InChI is InChI=1S/C21H23ClN2O3S/c22-18-11-10-16(14-20(18)28(26,27)24-12-3-4-13-24)21(25)23-19-9-5-7-15-6-1-2-8-17(15)19/h1-2,6,8,10-11,14,19H,3-5,7,9,12-13H2,(H,23,25)/t19-/m1/s1. The number of carbonyl (C=O) groups is 1. The molecule has 0 saturated carbocycles. The van der Waals surface area contributed by atoms with Gasteiger partial charge in [0.2, 0.25) is 10.0 Å². The first-order valence-electron chi connectivity index (χ1n) is 9.65. The van der Waals surface area contributed by atoms with E-state index in [0.717, 1.165) is 37.7 Å². The predicted molar refractivity (Wildman–Crippen MR) is 109 cm³/mol. The summed E-state index contributed by atoms with van der Waals surface area (Å²) in [7, 11) is -3.69. The first-order chi connectivity index (χ1) is 13.5. The number of hydrogen-bond donors (Lipinski definition) is 1. The SMILES string of the molecule is O=C(N[C@@H]1CCCc2ccccc21)c1ccc(Cl)c(S(=O)(=O)N2CCCC2)c1. The van der Waals surface area contributed by atoms with Crippen LogP contribution in [0, 0.1) is 0 Å². The van der Waals surface area contributed by atoms with Crippen LogP contribution in [0.2, 0.25) is 5.02 Å². The van der Waals surface area contributed by atoms with Gasteiger partial charge in [0.05, 0.1) is 11.1 Å². The van der Waals surface area contributed by atoms with Crippen LogP contribution >= 0.6 is 11.6 Å². The molecule has 2 aromatic carbocycles. The highest BCUT2D eigenvalue weighted by atomic mass is 35.5. The Labute approximate surface area is 170 Å². The third-order valence-corrected chi connectivity index (χ3v) is 7.93. The molecule has 1 aliphatic carbocycles. The number of halogens is 1.